The lowest BCUT2D eigenvalue weighted by molar-refractivity contribution is -0.147. The third-order valence-corrected chi connectivity index (χ3v) is 3.45. The minimum absolute atomic E-state index is 0.216. The third-order valence-electron chi connectivity index (χ3n) is 3.45. The van der Waals surface area contributed by atoms with E-state index in [0.29, 0.717) is 19.6 Å². The van der Waals surface area contributed by atoms with Crippen molar-refractivity contribution >= 4 is 5.97 Å². The van der Waals surface area contributed by atoms with Crippen LogP contribution in [0.2, 0.25) is 0 Å². The van der Waals surface area contributed by atoms with Gasteiger partial charge in [-0.1, -0.05) is 54.6 Å². The molecule has 0 amide bonds. The Morgan fingerprint density at radius 3 is 2.24 bits per heavy atom. The van der Waals surface area contributed by atoms with Gasteiger partial charge in [0.05, 0.1) is 12.5 Å². The number of carbonyl (C=O) groups is 1. The van der Waals surface area contributed by atoms with Crippen LogP contribution in [-0.2, 0) is 16.0 Å². The van der Waals surface area contributed by atoms with Crippen LogP contribution in [0.1, 0.15) is 12.5 Å². The van der Waals surface area contributed by atoms with E-state index in [1.54, 1.807) is 6.92 Å². The predicted octanol–water partition coefficient (Wildman–Crippen LogP) is 3.03. The van der Waals surface area contributed by atoms with Crippen molar-refractivity contribution in [2.24, 2.45) is 11.7 Å². The number of rotatable bonds is 6. The standard InChI is InChI=1S/C18H21NO2/c1-2-21-18(20)17(13-19)12-14-8-10-16(11-9-14)15-6-4-3-5-7-15/h3-11,17H,2,12-13,19H2,1H3. The van der Waals surface area contributed by atoms with Crippen LogP contribution < -0.4 is 5.73 Å². The van der Waals surface area contributed by atoms with Gasteiger partial charge in [0.15, 0.2) is 0 Å². The van der Waals surface area contributed by atoms with E-state index in [-0.39, 0.29) is 11.9 Å². The van der Waals surface area contributed by atoms with Crippen molar-refractivity contribution < 1.29 is 9.53 Å². The lowest BCUT2D eigenvalue weighted by atomic mass is 9.97. The highest BCUT2D eigenvalue weighted by molar-refractivity contribution is 5.73. The SMILES string of the molecule is CCOC(=O)C(CN)Cc1ccc(-c2ccccc2)cc1. The van der Waals surface area contributed by atoms with Crippen LogP contribution in [0, 0.1) is 5.92 Å². The fourth-order valence-corrected chi connectivity index (χ4v) is 2.27. The highest BCUT2D eigenvalue weighted by Crippen LogP contribution is 2.20. The van der Waals surface area contributed by atoms with E-state index < -0.39 is 0 Å². The number of benzene rings is 2. The molecule has 0 aromatic heterocycles. The lowest BCUT2D eigenvalue weighted by Gasteiger charge is -2.13. The molecule has 2 aromatic rings. The molecule has 0 heterocycles. The van der Waals surface area contributed by atoms with Gasteiger partial charge in [0, 0.05) is 6.54 Å². The van der Waals surface area contributed by atoms with Crippen molar-refractivity contribution in [1.29, 1.82) is 0 Å². The zero-order chi connectivity index (χ0) is 15.1. The number of esters is 1. The molecule has 2 N–H and O–H groups in total. The van der Waals surface area contributed by atoms with Gasteiger partial charge < -0.3 is 10.5 Å². The second-order valence-corrected chi connectivity index (χ2v) is 4.95. The first-order valence-electron chi connectivity index (χ1n) is 7.25. The molecule has 1 unspecified atom stereocenters. The van der Waals surface area contributed by atoms with Crippen molar-refractivity contribution in [3.05, 3.63) is 60.2 Å². The molecule has 3 nitrogen and oxygen atoms in total. The molecule has 3 heteroatoms. The molecule has 1 atom stereocenters. The Morgan fingerprint density at radius 2 is 1.67 bits per heavy atom. The van der Waals surface area contributed by atoms with E-state index in [1.165, 1.54) is 11.1 Å². The maximum absolute atomic E-state index is 11.8. The zero-order valence-electron chi connectivity index (χ0n) is 12.3. The molecule has 2 rings (SSSR count). The Kier molecular flexibility index (Phi) is 5.52. The first kappa shape index (κ1) is 15.3. The molecule has 0 spiro atoms. The number of hydrogen-bond donors (Lipinski definition) is 1. The van der Waals surface area contributed by atoms with Crippen molar-refractivity contribution in [2.45, 2.75) is 13.3 Å². The summed E-state index contributed by atoms with van der Waals surface area (Å²) in [7, 11) is 0. The average Bonchev–Trinajstić information content (AvgIpc) is 2.54. The van der Waals surface area contributed by atoms with Gasteiger partial charge in [-0.3, -0.25) is 4.79 Å². The summed E-state index contributed by atoms with van der Waals surface area (Å²) in [4.78, 5) is 11.8. The molecule has 21 heavy (non-hydrogen) atoms. The van der Waals surface area contributed by atoms with Gasteiger partial charge in [0.1, 0.15) is 0 Å². The maximum Gasteiger partial charge on any atom is 0.310 e. The summed E-state index contributed by atoms with van der Waals surface area (Å²) >= 11 is 0. The predicted molar refractivity (Wildman–Crippen MR) is 84.8 cm³/mol. The van der Waals surface area contributed by atoms with Gasteiger partial charge in [-0.2, -0.15) is 0 Å². The molecular formula is C18H21NO2. The van der Waals surface area contributed by atoms with E-state index >= 15 is 0 Å². The third kappa shape index (κ3) is 4.17. The summed E-state index contributed by atoms with van der Waals surface area (Å²) in [5.41, 5.74) is 9.12. The fourth-order valence-electron chi connectivity index (χ4n) is 2.27. The smallest absolute Gasteiger partial charge is 0.310 e. The van der Waals surface area contributed by atoms with Gasteiger partial charge in [-0.15, -0.1) is 0 Å². The first-order chi connectivity index (χ1) is 10.2. The summed E-state index contributed by atoms with van der Waals surface area (Å²) in [5.74, 6) is -0.486. The van der Waals surface area contributed by atoms with Crippen LogP contribution in [0.25, 0.3) is 11.1 Å². The van der Waals surface area contributed by atoms with E-state index in [0.717, 1.165) is 5.56 Å². The van der Waals surface area contributed by atoms with Crippen molar-refractivity contribution in [2.75, 3.05) is 13.2 Å². The van der Waals surface area contributed by atoms with Crippen LogP contribution in [0.5, 0.6) is 0 Å². The molecule has 0 radical (unpaired) electrons. The fraction of sp³-hybridized carbons (Fsp3) is 0.278. The van der Waals surface area contributed by atoms with Crippen molar-refractivity contribution in [3.63, 3.8) is 0 Å². The van der Waals surface area contributed by atoms with Crippen LogP contribution in [0.15, 0.2) is 54.6 Å². The van der Waals surface area contributed by atoms with Gasteiger partial charge >= 0.3 is 5.97 Å². The van der Waals surface area contributed by atoms with Gasteiger partial charge in [0.25, 0.3) is 0 Å². The molecule has 0 aliphatic rings. The highest BCUT2D eigenvalue weighted by Gasteiger charge is 2.18. The van der Waals surface area contributed by atoms with Crippen LogP contribution >= 0.6 is 0 Å². The Balaban J connectivity index is 2.07. The Morgan fingerprint density at radius 1 is 1.05 bits per heavy atom. The van der Waals surface area contributed by atoms with E-state index in [2.05, 4.69) is 24.3 Å². The number of carbonyl (C=O) groups excluding carboxylic acids is 1. The quantitative estimate of drug-likeness (QED) is 0.829. The monoisotopic (exact) mass is 283 g/mol. The normalized spacial score (nSPS) is 11.9. The molecule has 110 valence electrons. The molecule has 0 saturated carbocycles. The Hall–Kier alpha value is -2.13. The van der Waals surface area contributed by atoms with Crippen LogP contribution in [0.4, 0.5) is 0 Å². The minimum Gasteiger partial charge on any atom is -0.466 e. The highest BCUT2D eigenvalue weighted by atomic mass is 16.5. The van der Waals surface area contributed by atoms with E-state index in [9.17, 15) is 4.79 Å². The molecule has 0 fully saturated rings. The van der Waals surface area contributed by atoms with E-state index in [1.807, 2.05) is 30.3 Å². The largest absolute Gasteiger partial charge is 0.466 e. The molecule has 0 bridgehead atoms. The van der Waals surface area contributed by atoms with Gasteiger partial charge in [-0.05, 0) is 30.0 Å². The van der Waals surface area contributed by atoms with Gasteiger partial charge in [-0.25, -0.2) is 0 Å². The summed E-state index contributed by atoms with van der Waals surface area (Å²) < 4.78 is 5.04. The van der Waals surface area contributed by atoms with Gasteiger partial charge in [0.2, 0.25) is 0 Å². The molecule has 0 aliphatic carbocycles. The van der Waals surface area contributed by atoms with Crippen LogP contribution in [0.3, 0.4) is 0 Å². The topological polar surface area (TPSA) is 52.3 Å². The number of ether oxygens (including phenoxy) is 1. The lowest BCUT2D eigenvalue weighted by Crippen LogP contribution is -2.27. The Labute approximate surface area is 125 Å². The second kappa shape index (κ2) is 7.60. The molecule has 0 saturated heterocycles. The summed E-state index contributed by atoms with van der Waals surface area (Å²) in [6.45, 7) is 2.50. The van der Waals surface area contributed by atoms with Crippen LogP contribution in [-0.4, -0.2) is 19.1 Å². The van der Waals surface area contributed by atoms with Crippen molar-refractivity contribution in [1.82, 2.24) is 0 Å². The minimum atomic E-state index is -0.271. The first-order valence-corrected chi connectivity index (χ1v) is 7.25. The number of hydrogen-bond acceptors (Lipinski definition) is 3. The Bertz CT molecular complexity index is 564. The van der Waals surface area contributed by atoms with Crippen molar-refractivity contribution in [3.8, 4) is 11.1 Å². The zero-order valence-corrected chi connectivity index (χ0v) is 12.3. The van der Waals surface area contributed by atoms with E-state index in [4.69, 9.17) is 10.5 Å². The molecule has 0 aliphatic heterocycles. The molecule has 2 aromatic carbocycles. The maximum atomic E-state index is 11.8. The molecular weight excluding hydrogens is 262 g/mol. The summed E-state index contributed by atoms with van der Waals surface area (Å²) in [5, 5.41) is 0. The average molecular weight is 283 g/mol. The summed E-state index contributed by atoms with van der Waals surface area (Å²) in [6.07, 6.45) is 0.615. The second-order valence-electron chi connectivity index (χ2n) is 4.95. The number of nitrogens with two attached hydrogens (primary N) is 1. The summed E-state index contributed by atoms with van der Waals surface area (Å²) in [6, 6.07) is 18.4.